The van der Waals surface area contributed by atoms with Crippen molar-refractivity contribution in [3.8, 4) is 0 Å². The van der Waals surface area contributed by atoms with Crippen LogP contribution in [0.2, 0.25) is 0 Å². The van der Waals surface area contributed by atoms with E-state index < -0.39 is 24.6 Å². The fourth-order valence-corrected chi connectivity index (χ4v) is 2.81. The van der Waals surface area contributed by atoms with Crippen LogP contribution in [0, 0.1) is 0 Å². The minimum Gasteiger partial charge on any atom is -0.393 e. The first-order valence-electron chi connectivity index (χ1n) is 9.64. The van der Waals surface area contributed by atoms with Crippen molar-refractivity contribution in [2.24, 2.45) is 0 Å². The zero-order valence-electron chi connectivity index (χ0n) is 15.0. The molecule has 138 valence electrons. The lowest BCUT2D eigenvalue weighted by Crippen LogP contribution is -2.34. The monoisotopic (exact) mass is 330 g/mol. The van der Waals surface area contributed by atoms with Gasteiger partial charge in [-0.3, -0.25) is 4.79 Å². The van der Waals surface area contributed by atoms with Gasteiger partial charge in [0.1, 0.15) is 12.2 Å². The third kappa shape index (κ3) is 13.7. The predicted octanol–water partition coefficient (Wildman–Crippen LogP) is 3.75. The number of Topliss-reactive ketones (excluding diaryl/α,β-unsaturated/α-hetero) is 1. The van der Waals surface area contributed by atoms with E-state index in [1.165, 1.54) is 64.2 Å². The van der Waals surface area contributed by atoms with Crippen LogP contribution < -0.4 is 0 Å². The third-order valence-corrected chi connectivity index (χ3v) is 4.41. The predicted molar refractivity (Wildman–Crippen MR) is 94.4 cm³/mol. The van der Waals surface area contributed by atoms with E-state index in [2.05, 4.69) is 6.92 Å². The summed E-state index contributed by atoms with van der Waals surface area (Å²) in [6.07, 6.45) is 14.1. The van der Waals surface area contributed by atoms with Crippen molar-refractivity contribution in [1.82, 2.24) is 0 Å². The van der Waals surface area contributed by atoms with E-state index in [1.54, 1.807) is 0 Å². The number of aliphatic hydroxyl groups excluding tert-OH is 3. The maximum absolute atomic E-state index is 11.4. The Hall–Kier alpha value is -0.450. The highest BCUT2D eigenvalue weighted by Crippen LogP contribution is 2.13. The highest BCUT2D eigenvalue weighted by molar-refractivity contribution is 5.86. The molecule has 0 saturated carbocycles. The average molecular weight is 331 g/mol. The summed E-state index contributed by atoms with van der Waals surface area (Å²) in [7, 11) is 0. The molecule has 0 heterocycles. The van der Waals surface area contributed by atoms with Crippen molar-refractivity contribution in [2.75, 3.05) is 6.61 Å². The summed E-state index contributed by atoms with van der Waals surface area (Å²) >= 11 is 0. The van der Waals surface area contributed by atoms with Crippen LogP contribution in [-0.4, -0.2) is 39.9 Å². The van der Waals surface area contributed by atoms with E-state index in [9.17, 15) is 9.90 Å². The second-order valence-corrected chi connectivity index (χ2v) is 6.65. The van der Waals surface area contributed by atoms with Gasteiger partial charge in [-0.2, -0.15) is 0 Å². The lowest BCUT2D eigenvalue weighted by atomic mass is 10.0. The summed E-state index contributed by atoms with van der Waals surface area (Å²) in [5.41, 5.74) is 0. The Morgan fingerprint density at radius 1 is 0.696 bits per heavy atom. The van der Waals surface area contributed by atoms with Crippen LogP contribution in [0.25, 0.3) is 0 Å². The van der Waals surface area contributed by atoms with Crippen LogP contribution in [-0.2, 0) is 4.79 Å². The van der Waals surface area contributed by atoms with E-state index in [-0.39, 0.29) is 0 Å². The number of aliphatic hydroxyl groups is 3. The molecule has 0 spiro atoms. The molecule has 0 saturated heterocycles. The average Bonchev–Trinajstić information content (AvgIpc) is 2.57. The van der Waals surface area contributed by atoms with Crippen LogP contribution >= 0.6 is 0 Å². The maximum Gasteiger partial charge on any atom is 0.191 e. The van der Waals surface area contributed by atoms with Crippen molar-refractivity contribution < 1.29 is 20.1 Å². The third-order valence-electron chi connectivity index (χ3n) is 4.41. The standard InChI is InChI=1S/C19H38O4/c1-2-3-4-5-6-7-8-9-10-11-12-13-14-15-17(21)19(23)18(22)16-20/h17-18,20-22H,2-16H2,1H3/t17?,18-/m0/s1. The molecule has 0 fully saturated rings. The SMILES string of the molecule is CCCCCCCCCCCCCCCC(O)C(=O)[C@@H](O)CO. The number of hydrogen-bond donors (Lipinski definition) is 3. The normalized spacial score (nSPS) is 13.9. The van der Waals surface area contributed by atoms with Crippen molar-refractivity contribution in [3.05, 3.63) is 0 Å². The number of unbranched alkanes of at least 4 members (excludes halogenated alkanes) is 12. The molecule has 0 aliphatic rings. The van der Waals surface area contributed by atoms with Gasteiger partial charge >= 0.3 is 0 Å². The molecule has 0 rings (SSSR count). The van der Waals surface area contributed by atoms with Gasteiger partial charge in [0.15, 0.2) is 5.78 Å². The fraction of sp³-hybridized carbons (Fsp3) is 0.947. The lowest BCUT2D eigenvalue weighted by molar-refractivity contribution is -0.137. The Bertz CT molecular complexity index is 268. The molecular formula is C19H38O4. The highest BCUT2D eigenvalue weighted by atomic mass is 16.3. The molecule has 0 radical (unpaired) electrons. The van der Waals surface area contributed by atoms with E-state index in [0.29, 0.717) is 6.42 Å². The molecule has 0 aliphatic heterocycles. The van der Waals surface area contributed by atoms with Crippen molar-refractivity contribution in [1.29, 1.82) is 0 Å². The minimum absolute atomic E-state index is 0.383. The van der Waals surface area contributed by atoms with Gasteiger partial charge in [0.05, 0.1) is 6.61 Å². The fourth-order valence-electron chi connectivity index (χ4n) is 2.81. The Balaban J connectivity index is 3.26. The minimum atomic E-state index is -1.44. The maximum atomic E-state index is 11.4. The molecule has 4 heteroatoms. The molecule has 4 nitrogen and oxygen atoms in total. The Morgan fingerprint density at radius 2 is 1.09 bits per heavy atom. The number of rotatable bonds is 17. The lowest BCUT2D eigenvalue weighted by Gasteiger charge is -2.12. The van der Waals surface area contributed by atoms with E-state index in [1.807, 2.05) is 0 Å². The van der Waals surface area contributed by atoms with E-state index in [4.69, 9.17) is 10.2 Å². The van der Waals surface area contributed by atoms with Gasteiger partial charge in [0.25, 0.3) is 0 Å². The summed E-state index contributed by atoms with van der Waals surface area (Å²) in [5, 5.41) is 27.4. The second kappa shape index (κ2) is 16.4. The van der Waals surface area contributed by atoms with Gasteiger partial charge in [0.2, 0.25) is 0 Å². The molecule has 1 unspecified atom stereocenters. The van der Waals surface area contributed by atoms with Gasteiger partial charge in [0, 0.05) is 0 Å². The summed E-state index contributed by atoms with van der Waals surface area (Å²) in [6, 6.07) is 0. The summed E-state index contributed by atoms with van der Waals surface area (Å²) < 4.78 is 0. The summed E-state index contributed by atoms with van der Waals surface area (Å²) in [5.74, 6) is -0.661. The first-order valence-corrected chi connectivity index (χ1v) is 9.64. The van der Waals surface area contributed by atoms with Crippen LogP contribution in [0.5, 0.6) is 0 Å². The molecule has 0 aromatic heterocycles. The molecule has 0 amide bonds. The Labute approximate surface area is 142 Å². The van der Waals surface area contributed by atoms with Gasteiger partial charge in [-0.25, -0.2) is 0 Å². The summed E-state index contributed by atoms with van der Waals surface area (Å²) in [4.78, 5) is 11.4. The molecule has 0 aliphatic carbocycles. The number of ketones is 1. The van der Waals surface area contributed by atoms with Crippen molar-refractivity contribution in [2.45, 2.75) is 109 Å². The van der Waals surface area contributed by atoms with Crippen LogP contribution in [0.4, 0.5) is 0 Å². The van der Waals surface area contributed by atoms with Gasteiger partial charge in [-0.1, -0.05) is 90.4 Å². The zero-order valence-corrected chi connectivity index (χ0v) is 15.0. The number of carbonyl (C=O) groups excluding carboxylic acids is 1. The van der Waals surface area contributed by atoms with E-state index >= 15 is 0 Å². The first kappa shape index (κ1) is 22.6. The van der Waals surface area contributed by atoms with Crippen molar-refractivity contribution >= 4 is 5.78 Å². The molecule has 0 aromatic carbocycles. The second-order valence-electron chi connectivity index (χ2n) is 6.65. The number of hydrogen-bond acceptors (Lipinski definition) is 4. The molecule has 3 N–H and O–H groups in total. The highest BCUT2D eigenvalue weighted by Gasteiger charge is 2.21. The number of carbonyl (C=O) groups is 1. The largest absolute Gasteiger partial charge is 0.393 e. The molecular weight excluding hydrogens is 292 g/mol. The van der Waals surface area contributed by atoms with Crippen LogP contribution in [0.1, 0.15) is 96.8 Å². The smallest absolute Gasteiger partial charge is 0.191 e. The van der Waals surface area contributed by atoms with Gasteiger partial charge < -0.3 is 15.3 Å². The topological polar surface area (TPSA) is 77.8 Å². The Kier molecular flexibility index (Phi) is 16.1. The van der Waals surface area contributed by atoms with Gasteiger partial charge in [-0.05, 0) is 6.42 Å². The molecule has 23 heavy (non-hydrogen) atoms. The molecule has 0 aromatic rings. The molecule has 0 bridgehead atoms. The van der Waals surface area contributed by atoms with Gasteiger partial charge in [-0.15, -0.1) is 0 Å². The van der Waals surface area contributed by atoms with Crippen LogP contribution in [0.15, 0.2) is 0 Å². The van der Waals surface area contributed by atoms with Crippen LogP contribution in [0.3, 0.4) is 0 Å². The molecule has 2 atom stereocenters. The Morgan fingerprint density at radius 3 is 1.48 bits per heavy atom. The zero-order chi connectivity index (χ0) is 17.3. The van der Waals surface area contributed by atoms with E-state index in [0.717, 1.165) is 19.3 Å². The quantitative estimate of drug-likeness (QED) is 0.355. The summed E-state index contributed by atoms with van der Waals surface area (Å²) in [6.45, 7) is 1.63. The van der Waals surface area contributed by atoms with Crippen molar-refractivity contribution in [3.63, 3.8) is 0 Å². The first-order chi connectivity index (χ1) is 11.1.